The molecule has 1 heterocycles. The SMILES string of the molecule is [N-]=[N+]=Nc1cnnc2c(Cl)cccc12. The lowest BCUT2D eigenvalue weighted by Crippen LogP contribution is -1.83. The van der Waals surface area contributed by atoms with E-state index in [9.17, 15) is 0 Å². The molecule has 0 fully saturated rings. The molecular weight excluding hydrogens is 202 g/mol. The van der Waals surface area contributed by atoms with Gasteiger partial charge < -0.3 is 0 Å². The first-order valence-corrected chi connectivity index (χ1v) is 4.16. The fraction of sp³-hybridized carbons (Fsp3) is 0. The molecule has 0 aliphatic heterocycles. The van der Waals surface area contributed by atoms with E-state index in [1.54, 1.807) is 18.2 Å². The van der Waals surface area contributed by atoms with E-state index < -0.39 is 0 Å². The molecule has 14 heavy (non-hydrogen) atoms. The van der Waals surface area contributed by atoms with Crippen LogP contribution in [0.4, 0.5) is 5.69 Å². The second-order valence-electron chi connectivity index (χ2n) is 2.56. The van der Waals surface area contributed by atoms with Gasteiger partial charge in [-0.05, 0) is 11.6 Å². The van der Waals surface area contributed by atoms with E-state index >= 15 is 0 Å². The highest BCUT2D eigenvalue weighted by molar-refractivity contribution is 6.35. The molecule has 0 bridgehead atoms. The molecule has 0 saturated heterocycles. The number of hydrogen-bond donors (Lipinski definition) is 0. The Morgan fingerprint density at radius 1 is 1.43 bits per heavy atom. The summed E-state index contributed by atoms with van der Waals surface area (Å²) < 4.78 is 0. The Kier molecular flexibility index (Phi) is 2.18. The van der Waals surface area contributed by atoms with Crippen LogP contribution in [0, 0.1) is 0 Å². The van der Waals surface area contributed by atoms with Crippen molar-refractivity contribution in [3.63, 3.8) is 0 Å². The predicted octanol–water partition coefficient (Wildman–Crippen LogP) is 3.23. The van der Waals surface area contributed by atoms with E-state index in [4.69, 9.17) is 17.1 Å². The van der Waals surface area contributed by atoms with Gasteiger partial charge in [0.15, 0.2) is 0 Å². The van der Waals surface area contributed by atoms with Crippen LogP contribution >= 0.6 is 11.6 Å². The van der Waals surface area contributed by atoms with Crippen molar-refractivity contribution in [3.8, 4) is 0 Å². The summed E-state index contributed by atoms with van der Waals surface area (Å²) in [6.07, 6.45) is 1.40. The lowest BCUT2D eigenvalue weighted by Gasteiger charge is -1.99. The second-order valence-corrected chi connectivity index (χ2v) is 2.96. The summed E-state index contributed by atoms with van der Waals surface area (Å²) in [5.41, 5.74) is 9.30. The minimum atomic E-state index is 0.431. The maximum Gasteiger partial charge on any atom is 0.112 e. The summed E-state index contributed by atoms with van der Waals surface area (Å²) in [6.45, 7) is 0. The monoisotopic (exact) mass is 205 g/mol. The fourth-order valence-electron chi connectivity index (χ4n) is 1.16. The maximum atomic E-state index is 8.33. The summed E-state index contributed by atoms with van der Waals surface area (Å²) in [5, 5.41) is 12.2. The lowest BCUT2D eigenvalue weighted by molar-refractivity contribution is 1.07. The number of azide groups is 1. The first-order chi connectivity index (χ1) is 6.83. The van der Waals surface area contributed by atoms with Crippen LogP contribution < -0.4 is 0 Å². The highest BCUT2D eigenvalue weighted by Gasteiger charge is 2.03. The predicted molar refractivity (Wildman–Crippen MR) is 53.4 cm³/mol. The number of benzene rings is 1. The molecule has 0 amide bonds. The number of fused-ring (bicyclic) bond motifs is 1. The minimum absolute atomic E-state index is 0.431. The molecule has 0 aliphatic rings. The maximum absolute atomic E-state index is 8.33. The van der Waals surface area contributed by atoms with Gasteiger partial charge in [0.05, 0.1) is 16.9 Å². The van der Waals surface area contributed by atoms with Crippen molar-refractivity contribution >= 4 is 28.2 Å². The second kappa shape index (κ2) is 3.49. The minimum Gasteiger partial charge on any atom is -0.158 e. The highest BCUT2D eigenvalue weighted by atomic mass is 35.5. The van der Waals surface area contributed by atoms with Crippen molar-refractivity contribution in [2.24, 2.45) is 5.11 Å². The van der Waals surface area contributed by atoms with Crippen LogP contribution in [0.5, 0.6) is 0 Å². The normalized spacial score (nSPS) is 9.79. The van der Waals surface area contributed by atoms with Crippen molar-refractivity contribution in [1.29, 1.82) is 0 Å². The molecule has 68 valence electrons. The molecule has 0 radical (unpaired) electrons. The highest BCUT2D eigenvalue weighted by Crippen LogP contribution is 2.27. The zero-order chi connectivity index (χ0) is 9.97. The molecule has 1 aromatic carbocycles. The molecule has 1 aromatic heterocycles. The molecule has 0 N–H and O–H groups in total. The average Bonchev–Trinajstić information content (AvgIpc) is 2.20. The first-order valence-electron chi connectivity index (χ1n) is 3.78. The van der Waals surface area contributed by atoms with Gasteiger partial charge in [-0.25, -0.2) is 0 Å². The van der Waals surface area contributed by atoms with Crippen molar-refractivity contribution in [1.82, 2.24) is 10.2 Å². The summed E-state index contributed by atoms with van der Waals surface area (Å²) in [7, 11) is 0. The molecule has 2 rings (SSSR count). The number of rotatable bonds is 1. The van der Waals surface area contributed by atoms with Crippen LogP contribution in [0.1, 0.15) is 0 Å². The third-order valence-electron chi connectivity index (χ3n) is 1.75. The summed E-state index contributed by atoms with van der Waals surface area (Å²) in [5.74, 6) is 0. The van der Waals surface area contributed by atoms with Crippen molar-refractivity contribution < 1.29 is 0 Å². The van der Waals surface area contributed by atoms with Crippen LogP contribution in [0.15, 0.2) is 29.5 Å². The zero-order valence-electron chi connectivity index (χ0n) is 6.92. The van der Waals surface area contributed by atoms with Crippen molar-refractivity contribution in [3.05, 3.63) is 39.9 Å². The fourth-order valence-corrected chi connectivity index (χ4v) is 1.37. The number of hydrogen-bond acceptors (Lipinski definition) is 3. The van der Waals surface area contributed by atoms with Gasteiger partial charge in [0.1, 0.15) is 5.52 Å². The third-order valence-corrected chi connectivity index (χ3v) is 2.06. The van der Waals surface area contributed by atoms with Gasteiger partial charge in [0.2, 0.25) is 0 Å². The molecule has 2 aromatic rings. The average molecular weight is 206 g/mol. The van der Waals surface area contributed by atoms with Gasteiger partial charge in [-0.1, -0.05) is 28.8 Å². The van der Waals surface area contributed by atoms with Crippen LogP contribution in [0.25, 0.3) is 21.3 Å². The number of aromatic nitrogens is 2. The molecule has 6 heteroatoms. The van der Waals surface area contributed by atoms with Gasteiger partial charge in [-0.3, -0.25) is 0 Å². The molecule has 0 aliphatic carbocycles. The van der Waals surface area contributed by atoms with E-state index in [1.807, 2.05) is 0 Å². The Balaban J connectivity index is 2.87. The van der Waals surface area contributed by atoms with Crippen LogP contribution in [-0.4, -0.2) is 10.2 Å². The summed E-state index contributed by atoms with van der Waals surface area (Å²) >= 11 is 5.89. The van der Waals surface area contributed by atoms with E-state index in [0.29, 0.717) is 21.6 Å². The first kappa shape index (κ1) is 8.74. The van der Waals surface area contributed by atoms with E-state index in [0.717, 1.165) is 0 Å². The summed E-state index contributed by atoms with van der Waals surface area (Å²) in [6, 6.07) is 5.25. The molecule has 0 saturated carbocycles. The van der Waals surface area contributed by atoms with Crippen LogP contribution in [0.2, 0.25) is 5.02 Å². The van der Waals surface area contributed by atoms with Gasteiger partial charge >= 0.3 is 0 Å². The standard InChI is InChI=1S/C8H4ClN5/c9-6-3-1-2-5-7(12-14-10)4-11-13-8(5)6/h1-4H. The molecule has 5 nitrogen and oxygen atoms in total. The Bertz CT molecular complexity index is 532. The molecule has 0 atom stereocenters. The largest absolute Gasteiger partial charge is 0.158 e. The van der Waals surface area contributed by atoms with Gasteiger partial charge in [0.25, 0.3) is 0 Å². The smallest absolute Gasteiger partial charge is 0.112 e. The van der Waals surface area contributed by atoms with E-state index in [-0.39, 0.29) is 0 Å². The molecule has 0 unspecified atom stereocenters. The third kappa shape index (κ3) is 1.35. The Labute approximate surface area is 84.0 Å². The number of halogens is 1. The van der Waals surface area contributed by atoms with Gasteiger partial charge in [-0.15, -0.1) is 5.10 Å². The van der Waals surface area contributed by atoms with E-state index in [2.05, 4.69) is 20.2 Å². The number of nitrogens with zero attached hydrogens (tertiary/aromatic N) is 5. The molecule has 0 spiro atoms. The Morgan fingerprint density at radius 2 is 2.29 bits per heavy atom. The van der Waals surface area contributed by atoms with Crippen molar-refractivity contribution in [2.75, 3.05) is 0 Å². The van der Waals surface area contributed by atoms with Crippen LogP contribution in [-0.2, 0) is 0 Å². The van der Waals surface area contributed by atoms with Crippen molar-refractivity contribution in [2.45, 2.75) is 0 Å². The lowest BCUT2D eigenvalue weighted by atomic mass is 10.2. The van der Waals surface area contributed by atoms with Gasteiger partial charge in [0, 0.05) is 10.3 Å². The van der Waals surface area contributed by atoms with Gasteiger partial charge in [-0.2, -0.15) is 5.10 Å². The summed E-state index contributed by atoms with van der Waals surface area (Å²) in [4.78, 5) is 2.70. The Hall–Kier alpha value is -1.84. The van der Waals surface area contributed by atoms with E-state index in [1.165, 1.54) is 6.20 Å². The Morgan fingerprint density at radius 3 is 3.07 bits per heavy atom. The quantitative estimate of drug-likeness (QED) is 0.407. The van der Waals surface area contributed by atoms with Crippen LogP contribution in [0.3, 0.4) is 0 Å². The topological polar surface area (TPSA) is 74.5 Å². The zero-order valence-corrected chi connectivity index (χ0v) is 7.68. The molecular formula is C8H4ClN5.